The van der Waals surface area contributed by atoms with Gasteiger partial charge in [-0.05, 0) is 36.4 Å². The highest BCUT2D eigenvalue weighted by Crippen LogP contribution is 2.29. The molecular weight excluding hydrogens is 453 g/mol. The first-order valence-electron chi connectivity index (χ1n) is 10.6. The summed E-state index contributed by atoms with van der Waals surface area (Å²) in [6, 6.07) is 10.4. The van der Waals surface area contributed by atoms with Crippen LogP contribution in [0.5, 0.6) is 0 Å². The molecule has 8 nitrogen and oxygen atoms in total. The lowest BCUT2D eigenvalue weighted by atomic mass is 10.1. The Kier molecular flexibility index (Phi) is 6.27. The summed E-state index contributed by atoms with van der Waals surface area (Å²) < 4.78 is 39.2. The third-order valence-corrected chi connectivity index (χ3v) is 5.81. The smallest absolute Gasteiger partial charge is 0.339 e. The molecule has 0 aliphatic carbocycles. The fourth-order valence-electron chi connectivity index (χ4n) is 3.91. The number of nitrogens with zero attached hydrogens (tertiary/aromatic N) is 3. The normalized spacial score (nSPS) is 14.4. The minimum absolute atomic E-state index is 0.00242. The number of aromatic nitrogens is 2. The molecule has 11 heteroatoms. The summed E-state index contributed by atoms with van der Waals surface area (Å²) in [5.74, 6) is -0.636. The van der Waals surface area contributed by atoms with Gasteiger partial charge in [-0.1, -0.05) is 12.1 Å². The summed E-state index contributed by atoms with van der Waals surface area (Å²) in [4.78, 5) is 53.0. The molecule has 2 heterocycles. The number of hydrogen-bond donors (Lipinski definition) is 1. The number of nitrogens with one attached hydrogen (secondary N) is 1. The van der Waals surface area contributed by atoms with Crippen LogP contribution < -0.4 is 11.1 Å². The highest BCUT2D eigenvalue weighted by Gasteiger charge is 2.31. The molecule has 4 rings (SSSR count). The Morgan fingerprint density at radius 1 is 0.853 bits per heavy atom. The van der Waals surface area contributed by atoms with Crippen molar-refractivity contribution in [2.75, 3.05) is 26.2 Å². The molecule has 0 radical (unpaired) electrons. The van der Waals surface area contributed by atoms with E-state index in [4.69, 9.17) is 0 Å². The Hall–Kier alpha value is -3.89. The Morgan fingerprint density at radius 2 is 1.44 bits per heavy atom. The van der Waals surface area contributed by atoms with Crippen LogP contribution in [-0.2, 0) is 17.5 Å². The number of piperazine rings is 1. The van der Waals surface area contributed by atoms with Gasteiger partial charge in [0.05, 0.1) is 22.9 Å². The summed E-state index contributed by atoms with van der Waals surface area (Å²) in [5, 5.41) is 3.04. The van der Waals surface area contributed by atoms with E-state index in [0.717, 1.165) is 28.9 Å². The number of alkyl halides is 3. The number of aryl methyl sites for hydroxylation is 1. The topological polar surface area (TPSA) is 95.5 Å². The number of carbonyl (C=O) groups is 2. The number of halogens is 3. The second kappa shape index (κ2) is 9.16. The predicted octanol–water partition coefficient (Wildman–Crippen LogP) is 2.08. The van der Waals surface area contributed by atoms with Gasteiger partial charge in [0.1, 0.15) is 0 Å². The predicted molar refractivity (Wildman–Crippen MR) is 117 cm³/mol. The molecular formula is C23H21F3N4O4. The largest absolute Gasteiger partial charge is 0.416 e. The monoisotopic (exact) mass is 474 g/mol. The van der Waals surface area contributed by atoms with Crippen molar-refractivity contribution in [1.82, 2.24) is 19.6 Å². The van der Waals surface area contributed by atoms with E-state index < -0.39 is 28.8 Å². The van der Waals surface area contributed by atoms with Gasteiger partial charge < -0.3 is 9.80 Å². The van der Waals surface area contributed by atoms with Crippen LogP contribution in [0.15, 0.2) is 58.1 Å². The number of hydrogen-bond acceptors (Lipinski definition) is 4. The summed E-state index contributed by atoms with van der Waals surface area (Å²) >= 11 is 0. The quantitative estimate of drug-likeness (QED) is 0.627. The zero-order chi connectivity index (χ0) is 24.5. The van der Waals surface area contributed by atoms with Crippen molar-refractivity contribution >= 4 is 22.6 Å². The van der Waals surface area contributed by atoms with Crippen LogP contribution in [0.4, 0.5) is 13.2 Å². The Labute approximate surface area is 191 Å². The van der Waals surface area contributed by atoms with Crippen molar-refractivity contribution in [2.24, 2.45) is 0 Å². The van der Waals surface area contributed by atoms with Gasteiger partial charge >= 0.3 is 6.18 Å². The Balaban J connectivity index is 1.34. The van der Waals surface area contributed by atoms with Gasteiger partial charge in [-0.25, -0.2) is 4.68 Å². The van der Waals surface area contributed by atoms with E-state index in [1.54, 1.807) is 29.2 Å². The summed E-state index contributed by atoms with van der Waals surface area (Å²) in [7, 11) is 0. The molecule has 3 aromatic rings. The maximum absolute atomic E-state index is 12.7. The lowest BCUT2D eigenvalue weighted by Crippen LogP contribution is -2.50. The number of H-pyrrole nitrogens is 1. The molecule has 1 N–H and O–H groups in total. The number of rotatable bonds is 4. The molecule has 0 bridgehead atoms. The molecule has 1 fully saturated rings. The van der Waals surface area contributed by atoms with Crippen molar-refractivity contribution in [2.45, 2.75) is 19.1 Å². The van der Waals surface area contributed by atoms with Crippen LogP contribution in [0.3, 0.4) is 0 Å². The van der Waals surface area contributed by atoms with Crippen LogP contribution in [0.2, 0.25) is 0 Å². The van der Waals surface area contributed by atoms with Crippen LogP contribution >= 0.6 is 0 Å². The average molecular weight is 474 g/mol. The van der Waals surface area contributed by atoms with Crippen LogP contribution in [-0.4, -0.2) is 57.6 Å². The molecule has 2 amide bonds. The molecule has 0 atom stereocenters. The number of amides is 2. The van der Waals surface area contributed by atoms with Crippen molar-refractivity contribution in [1.29, 1.82) is 0 Å². The van der Waals surface area contributed by atoms with Gasteiger partial charge in [-0.3, -0.25) is 24.3 Å². The second-order valence-electron chi connectivity index (χ2n) is 7.94. The molecule has 178 valence electrons. The van der Waals surface area contributed by atoms with Crippen molar-refractivity contribution in [3.05, 3.63) is 80.4 Å². The fraction of sp³-hybridized carbons (Fsp3) is 0.304. The minimum atomic E-state index is -4.47. The third-order valence-electron chi connectivity index (χ3n) is 5.81. The minimum Gasteiger partial charge on any atom is -0.339 e. The molecule has 2 aromatic carbocycles. The number of fused-ring (bicyclic) bond motifs is 1. The lowest BCUT2D eigenvalue weighted by Gasteiger charge is -2.35. The second-order valence-corrected chi connectivity index (χ2v) is 7.94. The van der Waals surface area contributed by atoms with Gasteiger partial charge in [0.15, 0.2) is 0 Å². The average Bonchev–Trinajstić information content (AvgIpc) is 2.84. The van der Waals surface area contributed by atoms with Crippen molar-refractivity contribution in [3.8, 4) is 0 Å². The number of aromatic amines is 1. The van der Waals surface area contributed by atoms with Crippen molar-refractivity contribution < 1.29 is 22.8 Å². The zero-order valence-corrected chi connectivity index (χ0v) is 18.0. The molecule has 0 unspecified atom stereocenters. The SMILES string of the molecule is O=C(CCn1[nH]c(=O)c2ccccc2c1=O)N1CCN(C(=O)c2ccc(C(F)(F)F)cc2)CC1. The first-order valence-corrected chi connectivity index (χ1v) is 10.6. The third kappa shape index (κ3) is 4.73. The Morgan fingerprint density at radius 3 is 2.06 bits per heavy atom. The lowest BCUT2D eigenvalue weighted by molar-refractivity contribution is -0.137. The van der Waals surface area contributed by atoms with Gasteiger partial charge in [-0.15, -0.1) is 0 Å². The maximum Gasteiger partial charge on any atom is 0.416 e. The number of carbonyl (C=O) groups excluding carboxylic acids is 2. The highest BCUT2D eigenvalue weighted by molar-refractivity contribution is 5.94. The fourth-order valence-corrected chi connectivity index (χ4v) is 3.91. The van der Waals surface area contributed by atoms with Crippen LogP contribution in [0, 0.1) is 0 Å². The van der Waals surface area contributed by atoms with Gasteiger partial charge in [0.25, 0.3) is 17.0 Å². The molecule has 0 saturated carbocycles. The van der Waals surface area contributed by atoms with E-state index >= 15 is 0 Å². The summed E-state index contributed by atoms with van der Waals surface area (Å²) in [6.45, 7) is 0.988. The first kappa shape index (κ1) is 23.3. The molecule has 34 heavy (non-hydrogen) atoms. The molecule has 1 aromatic heterocycles. The van der Waals surface area contributed by atoms with Crippen LogP contribution in [0.25, 0.3) is 10.8 Å². The van der Waals surface area contributed by atoms with Gasteiger partial charge in [0.2, 0.25) is 5.91 Å². The first-order chi connectivity index (χ1) is 16.1. The Bertz CT molecular complexity index is 1340. The number of benzene rings is 2. The molecule has 1 aliphatic heterocycles. The molecule has 0 spiro atoms. The van der Waals surface area contributed by atoms with E-state index in [-0.39, 0.29) is 61.4 Å². The summed E-state index contributed by atoms with van der Waals surface area (Å²) in [5.41, 5.74) is -1.49. The summed E-state index contributed by atoms with van der Waals surface area (Å²) in [6.07, 6.45) is -4.49. The molecule has 1 aliphatic rings. The highest BCUT2D eigenvalue weighted by atomic mass is 19.4. The molecule has 1 saturated heterocycles. The van der Waals surface area contributed by atoms with E-state index in [0.29, 0.717) is 0 Å². The van der Waals surface area contributed by atoms with Gasteiger partial charge in [0, 0.05) is 38.2 Å². The standard InChI is InChI=1S/C23H21F3N4O4/c24-23(25,26)16-7-5-15(6-8-16)21(33)29-13-11-28(12-14-29)19(31)9-10-30-22(34)18-4-2-1-3-17(18)20(32)27-30/h1-8H,9-14H2,(H,27,32). The van der Waals surface area contributed by atoms with E-state index in [1.807, 2.05) is 0 Å². The van der Waals surface area contributed by atoms with E-state index in [2.05, 4.69) is 5.10 Å². The van der Waals surface area contributed by atoms with Gasteiger partial charge in [-0.2, -0.15) is 13.2 Å². The zero-order valence-electron chi connectivity index (χ0n) is 18.0. The van der Waals surface area contributed by atoms with E-state index in [1.165, 1.54) is 4.90 Å². The van der Waals surface area contributed by atoms with E-state index in [9.17, 15) is 32.3 Å². The van der Waals surface area contributed by atoms with Crippen LogP contribution in [0.1, 0.15) is 22.3 Å². The van der Waals surface area contributed by atoms with Crippen molar-refractivity contribution in [3.63, 3.8) is 0 Å². The maximum atomic E-state index is 12.7.